The van der Waals surface area contributed by atoms with E-state index in [-0.39, 0.29) is 6.10 Å². The quantitative estimate of drug-likeness (QED) is 0.754. The molecule has 0 saturated carbocycles. The molecule has 0 aliphatic carbocycles. The van der Waals surface area contributed by atoms with Crippen LogP contribution in [-0.2, 0) is 11.3 Å². The lowest BCUT2D eigenvalue weighted by Gasteiger charge is -2.09. The molecular weight excluding hydrogens is 166 g/mol. The molecule has 1 N–H and O–H groups in total. The molecule has 1 aromatic rings. The summed E-state index contributed by atoms with van der Waals surface area (Å²) in [7, 11) is 1.71. The Labute approximate surface area is 79.1 Å². The van der Waals surface area contributed by atoms with Gasteiger partial charge in [0, 0.05) is 13.7 Å². The van der Waals surface area contributed by atoms with Crippen LogP contribution in [0.25, 0.3) is 0 Å². The van der Waals surface area contributed by atoms with Crippen LogP contribution >= 0.6 is 0 Å². The fourth-order valence-corrected chi connectivity index (χ4v) is 1.06. The van der Waals surface area contributed by atoms with Crippen molar-refractivity contribution in [3.8, 4) is 0 Å². The van der Waals surface area contributed by atoms with E-state index in [9.17, 15) is 0 Å². The number of furan rings is 1. The van der Waals surface area contributed by atoms with Crippen molar-refractivity contribution in [2.75, 3.05) is 13.7 Å². The van der Waals surface area contributed by atoms with Crippen LogP contribution in [0.1, 0.15) is 18.2 Å². The average molecular weight is 183 g/mol. The third-order valence-electron chi connectivity index (χ3n) is 2.09. The van der Waals surface area contributed by atoms with E-state index in [1.165, 1.54) is 5.56 Å². The second kappa shape index (κ2) is 5.04. The molecule has 13 heavy (non-hydrogen) atoms. The van der Waals surface area contributed by atoms with Gasteiger partial charge in [-0.05, 0) is 25.5 Å². The molecule has 0 spiro atoms. The largest absolute Gasteiger partial charge is 0.468 e. The monoisotopic (exact) mass is 183 g/mol. The lowest BCUT2D eigenvalue weighted by molar-refractivity contribution is 0.116. The average Bonchev–Trinajstić information content (AvgIpc) is 2.52. The van der Waals surface area contributed by atoms with E-state index in [0.29, 0.717) is 0 Å². The van der Waals surface area contributed by atoms with E-state index in [0.717, 1.165) is 18.8 Å². The molecule has 0 bridgehead atoms. The zero-order valence-corrected chi connectivity index (χ0v) is 8.46. The number of aryl methyl sites for hydroxylation is 1. The van der Waals surface area contributed by atoms with Crippen LogP contribution in [0.4, 0.5) is 0 Å². The molecule has 3 nitrogen and oxygen atoms in total. The maximum Gasteiger partial charge on any atom is 0.120 e. The zero-order chi connectivity index (χ0) is 9.68. The van der Waals surface area contributed by atoms with Crippen LogP contribution in [0, 0.1) is 6.92 Å². The number of rotatable bonds is 5. The van der Waals surface area contributed by atoms with E-state index >= 15 is 0 Å². The molecule has 0 amide bonds. The lowest BCUT2D eigenvalue weighted by Crippen LogP contribution is -2.25. The Morgan fingerprint density at radius 1 is 1.62 bits per heavy atom. The van der Waals surface area contributed by atoms with Crippen LogP contribution in [0.3, 0.4) is 0 Å². The van der Waals surface area contributed by atoms with Gasteiger partial charge in [-0.15, -0.1) is 0 Å². The minimum atomic E-state index is 0.246. The van der Waals surface area contributed by atoms with E-state index in [1.807, 2.05) is 19.9 Å². The molecule has 1 aromatic heterocycles. The molecule has 0 aromatic carbocycles. The second-order valence-corrected chi connectivity index (χ2v) is 3.20. The van der Waals surface area contributed by atoms with Gasteiger partial charge < -0.3 is 14.5 Å². The SMILES string of the molecule is COC(C)CNCc1occc1C. The van der Waals surface area contributed by atoms with Gasteiger partial charge in [0.2, 0.25) is 0 Å². The van der Waals surface area contributed by atoms with E-state index in [1.54, 1.807) is 13.4 Å². The summed E-state index contributed by atoms with van der Waals surface area (Å²) in [5.41, 5.74) is 1.19. The topological polar surface area (TPSA) is 34.4 Å². The van der Waals surface area contributed by atoms with E-state index in [4.69, 9.17) is 9.15 Å². The maximum atomic E-state index is 5.28. The van der Waals surface area contributed by atoms with E-state index < -0.39 is 0 Å². The molecule has 0 aliphatic heterocycles. The molecular formula is C10H17NO2. The minimum absolute atomic E-state index is 0.246. The van der Waals surface area contributed by atoms with Gasteiger partial charge in [-0.25, -0.2) is 0 Å². The van der Waals surface area contributed by atoms with Gasteiger partial charge in [-0.3, -0.25) is 0 Å². The summed E-state index contributed by atoms with van der Waals surface area (Å²) in [5.74, 6) is 1.00. The summed E-state index contributed by atoms with van der Waals surface area (Å²) >= 11 is 0. The number of hydrogen-bond acceptors (Lipinski definition) is 3. The first kappa shape index (κ1) is 10.3. The van der Waals surface area contributed by atoms with Crippen molar-refractivity contribution < 1.29 is 9.15 Å². The first-order valence-electron chi connectivity index (χ1n) is 4.50. The van der Waals surface area contributed by atoms with Gasteiger partial charge >= 0.3 is 0 Å². The van der Waals surface area contributed by atoms with Crippen molar-refractivity contribution in [1.29, 1.82) is 0 Å². The predicted molar refractivity (Wildman–Crippen MR) is 51.6 cm³/mol. The Morgan fingerprint density at radius 3 is 2.92 bits per heavy atom. The van der Waals surface area contributed by atoms with Gasteiger partial charge in [0.15, 0.2) is 0 Å². The smallest absolute Gasteiger partial charge is 0.120 e. The summed E-state index contributed by atoms with van der Waals surface area (Å²) in [6.45, 7) is 5.69. The molecule has 74 valence electrons. The number of methoxy groups -OCH3 is 1. The van der Waals surface area contributed by atoms with Gasteiger partial charge in [0.25, 0.3) is 0 Å². The highest BCUT2D eigenvalue weighted by Crippen LogP contribution is 2.07. The highest BCUT2D eigenvalue weighted by Gasteiger charge is 2.02. The van der Waals surface area contributed by atoms with Gasteiger partial charge in [0.1, 0.15) is 5.76 Å². The van der Waals surface area contributed by atoms with Gasteiger partial charge in [0.05, 0.1) is 18.9 Å². The van der Waals surface area contributed by atoms with Gasteiger partial charge in [-0.2, -0.15) is 0 Å². The summed E-state index contributed by atoms with van der Waals surface area (Å²) < 4.78 is 10.4. The summed E-state index contributed by atoms with van der Waals surface area (Å²) in [4.78, 5) is 0. The van der Waals surface area contributed by atoms with Crippen molar-refractivity contribution in [3.05, 3.63) is 23.7 Å². The number of hydrogen-bond donors (Lipinski definition) is 1. The van der Waals surface area contributed by atoms with Crippen LogP contribution in [-0.4, -0.2) is 19.8 Å². The molecule has 0 fully saturated rings. The number of nitrogens with one attached hydrogen (secondary N) is 1. The molecule has 3 heteroatoms. The normalized spacial score (nSPS) is 13.2. The zero-order valence-electron chi connectivity index (χ0n) is 8.46. The molecule has 1 heterocycles. The third-order valence-corrected chi connectivity index (χ3v) is 2.09. The highest BCUT2D eigenvalue weighted by molar-refractivity contribution is 5.13. The molecule has 0 radical (unpaired) electrons. The first-order valence-corrected chi connectivity index (χ1v) is 4.50. The summed E-state index contributed by atoms with van der Waals surface area (Å²) in [6.07, 6.45) is 1.96. The second-order valence-electron chi connectivity index (χ2n) is 3.20. The Hall–Kier alpha value is -0.800. The minimum Gasteiger partial charge on any atom is -0.468 e. The fourth-order valence-electron chi connectivity index (χ4n) is 1.06. The highest BCUT2D eigenvalue weighted by atomic mass is 16.5. The van der Waals surface area contributed by atoms with Crippen molar-refractivity contribution in [3.63, 3.8) is 0 Å². The van der Waals surface area contributed by atoms with Crippen LogP contribution in [0.5, 0.6) is 0 Å². The van der Waals surface area contributed by atoms with Crippen LogP contribution in [0.2, 0.25) is 0 Å². The van der Waals surface area contributed by atoms with Crippen molar-refractivity contribution in [1.82, 2.24) is 5.32 Å². The predicted octanol–water partition coefficient (Wildman–Crippen LogP) is 1.71. The Morgan fingerprint density at radius 2 is 2.38 bits per heavy atom. The Balaban J connectivity index is 2.24. The Kier molecular flexibility index (Phi) is 3.99. The maximum absolute atomic E-state index is 5.28. The van der Waals surface area contributed by atoms with Gasteiger partial charge in [-0.1, -0.05) is 0 Å². The molecule has 1 rings (SSSR count). The number of ether oxygens (including phenoxy) is 1. The van der Waals surface area contributed by atoms with Crippen molar-refractivity contribution >= 4 is 0 Å². The van der Waals surface area contributed by atoms with Crippen LogP contribution < -0.4 is 5.32 Å². The summed E-state index contributed by atoms with van der Waals surface area (Å²) in [6, 6.07) is 1.97. The van der Waals surface area contributed by atoms with Crippen LogP contribution in [0.15, 0.2) is 16.7 Å². The molecule has 1 atom stereocenters. The molecule has 1 unspecified atom stereocenters. The summed E-state index contributed by atoms with van der Waals surface area (Å²) in [5, 5.41) is 3.26. The van der Waals surface area contributed by atoms with E-state index in [2.05, 4.69) is 5.32 Å². The Bertz CT molecular complexity index is 245. The first-order chi connectivity index (χ1) is 6.24. The van der Waals surface area contributed by atoms with Crippen molar-refractivity contribution in [2.45, 2.75) is 26.5 Å². The third kappa shape index (κ3) is 3.20. The molecule has 0 aliphatic rings. The standard InChI is InChI=1S/C10H17NO2/c1-8-4-5-13-10(8)7-11-6-9(2)12-3/h4-5,9,11H,6-7H2,1-3H3. The molecule has 0 saturated heterocycles. The van der Waals surface area contributed by atoms with Crippen molar-refractivity contribution in [2.24, 2.45) is 0 Å². The fraction of sp³-hybridized carbons (Fsp3) is 0.600. The lowest BCUT2D eigenvalue weighted by atomic mass is 10.3.